The van der Waals surface area contributed by atoms with E-state index in [9.17, 15) is 10.1 Å². The SMILES string of the molecule is C/C(=N\Nc1nc2ccccc2s1)c1ccc(Cl)c([N+](=O)[O-])c1. The van der Waals surface area contributed by atoms with Gasteiger partial charge in [-0.25, -0.2) is 4.98 Å². The van der Waals surface area contributed by atoms with Gasteiger partial charge in [-0.05, 0) is 25.1 Å². The Morgan fingerprint density at radius 2 is 2.13 bits per heavy atom. The first-order valence-electron chi connectivity index (χ1n) is 6.65. The summed E-state index contributed by atoms with van der Waals surface area (Å²) in [6.45, 7) is 1.76. The molecule has 8 heteroatoms. The number of nitro groups is 1. The van der Waals surface area contributed by atoms with Crippen molar-refractivity contribution >= 4 is 49.7 Å². The van der Waals surface area contributed by atoms with Crippen LogP contribution in [0.25, 0.3) is 10.2 Å². The lowest BCUT2D eigenvalue weighted by Crippen LogP contribution is -2.01. The monoisotopic (exact) mass is 346 g/mol. The van der Waals surface area contributed by atoms with E-state index in [2.05, 4.69) is 15.5 Å². The molecule has 0 amide bonds. The highest BCUT2D eigenvalue weighted by Crippen LogP contribution is 2.27. The zero-order valence-corrected chi connectivity index (χ0v) is 13.6. The molecule has 1 heterocycles. The summed E-state index contributed by atoms with van der Waals surface area (Å²) >= 11 is 7.29. The maximum Gasteiger partial charge on any atom is 0.288 e. The summed E-state index contributed by atoms with van der Waals surface area (Å²) in [7, 11) is 0. The standard InChI is InChI=1S/C15H11ClN4O2S/c1-9(10-6-7-11(16)13(8-10)20(21)22)18-19-15-17-12-4-2-3-5-14(12)23-15/h2-8H,1H3,(H,17,19)/b18-9+. The number of hydrazone groups is 1. The van der Waals surface area contributed by atoms with Crippen LogP contribution in [-0.4, -0.2) is 15.6 Å². The molecule has 0 aliphatic carbocycles. The van der Waals surface area contributed by atoms with E-state index in [1.54, 1.807) is 13.0 Å². The average Bonchev–Trinajstić information content (AvgIpc) is 2.95. The Labute approximate surface area is 140 Å². The lowest BCUT2D eigenvalue weighted by atomic mass is 10.1. The van der Waals surface area contributed by atoms with Crippen molar-refractivity contribution in [3.05, 3.63) is 63.2 Å². The van der Waals surface area contributed by atoms with Gasteiger partial charge < -0.3 is 0 Å². The van der Waals surface area contributed by atoms with Crippen molar-refractivity contribution in [1.82, 2.24) is 4.98 Å². The van der Waals surface area contributed by atoms with Crippen LogP contribution in [0.1, 0.15) is 12.5 Å². The third kappa shape index (κ3) is 3.30. The van der Waals surface area contributed by atoms with Gasteiger partial charge >= 0.3 is 0 Å². The molecule has 1 N–H and O–H groups in total. The van der Waals surface area contributed by atoms with Crippen LogP contribution in [0.3, 0.4) is 0 Å². The van der Waals surface area contributed by atoms with Gasteiger partial charge in [0.2, 0.25) is 5.13 Å². The van der Waals surface area contributed by atoms with E-state index in [0.29, 0.717) is 16.4 Å². The number of fused-ring (bicyclic) bond motifs is 1. The molecule has 0 saturated carbocycles. The second-order valence-electron chi connectivity index (χ2n) is 4.72. The van der Waals surface area contributed by atoms with Gasteiger partial charge in [0.1, 0.15) is 5.02 Å². The molecule has 6 nitrogen and oxygen atoms in total. The number of nitrogens with one attached hydrogen (secondary N) is 1. The van der Waals surface area contributed by atoms with Crippen molar-refractivity contribution in [3.8, 4) is 0 Å². The first kappa shape index (κ1) is 15.4. The number of para-hydroxylation sites is 1. The number of hydrogen-bond donors (Lipinski definition) is 1. The number of halogens is 1. The molecule has 0 saturated heterocycles. The molecule has 3 aromatic rings. The van der Waals surface area contributed by atoms with Crippen molar-refractivity contribution in [1.29, 1.82) is 0 Å². The number of thiazole rings is 1. The molecule has 0 aliphatic rings. The minimum Gasteiger partial charge on any atom is -0.258 e. The fourth-order valence-electron chi connectivity index (χ4n) is 1.99. The molecule has 0 radical (unpaired) electrons. The molecule has 116 valence electrons. The zero-order chi connectivity index (χ0) is 16.4. The Kier molecular flexibility index (Phi) is 4.22. The highest BCUT2D eigenvalue weighted by Gasteiger charge is 2.13. The third-order valence-electron chi connectivity index (χ3n) is 3.17. The van der Waals surface area contributed by atoms with Gasteiger partial charge in [-0.15, -0.1) is 0 Å². The smallest absolute Gasteiger partial charge is 0.258 e. The Morgan fingerprint density at radius 1 is 1.35 bits per heavy atom. The van der Waals surface area contributed by atoms with Gasteiger partial charge in [0.15, 0.2) is 0 Å². The molecular weight excluding hydrogens is 336 g/mol. The minimum absolute atomic E-state index is 0.102. The average molecular weight is 347 g/mol. The second kappa shape index (κ2) is 6.31. The van der Waals surface area contributed by atoms with E-state index in [-0.39, 0.29) is 10.7 Å². The molecule has 1 aromatic heterocycles. The molecule has 0 atom stereocenters. The van der Waals surface area contributed by atoms with Gasteiger partial charge in [0.05, 0.1) is 20.9 Å². The molecule has 2 aromatic carbocycles. The number of nitrogens with zero attached hydrogens (tertiary/aromatic N) is 3. The van der Waals surface area contributed by atoms with E-state index >= 15 is 0 Å². The van der Waals surface area contributed by atoms with E-state index in [0.717, 1.165) is 10.2 Å². The van der Waals surface area contributed by atoms with E-state index in [1.165, 1.54) is 23.5 Å². The molecule has 23 heavy (non-hydrogen) atoms. The van der Waals surface area contributed by atoms with Crippen LogP contribution in [-0.2, 0) is 0 Å². The predicted molar refractivity (Wildman–Crippen MR) is 93.6 cm³/mol. The lowest BCUT2D eigenvalue weighted by molar-refractivity contribution is -0.384. The highest BCUT2D eigenvalue weighted by atomic mass is 35.5. The zero-order valence-electron chi connectivity index (χ0n) is 12.0. The summed E-state index contributed by atoms with van der Waals surface area (Å²) in [6, 6.07) is 12.4. The Hall–Kier alpha value is -2.51. The Balaban J connectivity index is 1.84. The summed E-state index contributed by atoms with van der Waals surface area (Å²) in [6.07, 6.45) is 0. The van der Waals surface area contributed by atoms with E-state index in [4.69, 9.17) is 11.6 Å². The summed E-state index contributed by atoms with van der Waals surface area (Å²) in [5, 5.41) is 15.9. The number of aromatic nitrogens is 1. The fraction of sp³-hybridized carbons (Fsp3) is 0.0667. The van der Waals surface area contributed by atoms with Crippen molar-refractivity contribution < 1.29 is 4.92 Å². The summed E-state index contributed by atoms with van der Waals surface area (Å²) in [5.74, 6) is 0. The van der Waals surface area contributed by atoms with Crippen LogP contribution < -0.4 is 5.43 Å². The molecule has 0 unspecified atom stereocenters. The van der Waals surface area contributed by atoms with Gasteiger partial charge in [-0.2, -0.15) is 5.10 Å². The maximum atomic E-state index is 10.9. The number of anilines is 1. The molecular formula is C15H11ClN4O2S. The summed E-state index contributed by atoms with van der Waals surface area (Å²) in [5.41, 5.74) is 4.87. The molecule has 3 rings (SSSR count). The maximum absolute atomic E-state index is 10.9. The highest BCUT2D eigenvalue weighted by molar-refractivity contribution is 7.22. The number of nitro benzene ring substituents is 1. The second-order valence-corrected chi connectivity index (χ2v) is 6.16. The number of benzene rings is 2. The first-order chi connectivity index (χ1) is 11.0. The van der Waals surface area contributed by atoms with Crippen LogP contribution in [0.2, 0.25) is 5.02 Å². The predicted octanol–water partition coefficient (Wildman–Crippen LogP) is 4.69. The van der Waals surface area contributed by atoms with Gasteiger partial charge in [0.25, 0.3) is 5.69 Å². The van der Waals surface area contributed by atoms with Gasteiger partial charge in [0, 0.05) is 11.6 Å². The van der Waals surface area contributed by atoms with Crippen LogP contribution >= 0.6 is 22.9 Å². The van der Waals surface area contributed by atoms with Crippen LogP contribution in [0, 0.1) is 10.1 Å². The van der Waals surface area contributed by atoms with Crippen molar-refractivity contribution in [2.45, 2.75) is 6.92 Å². The molecule has 0 bridgehead atoms. The van der Waals surface area contributed by atoms with Crippen LogP contribution in [0.4, 0.5) is 10.8 Å². The van der Waals surface area contributed by atoms with Crippen LogP contribution in [0.15, 0.2) is 47.6 Å². The Morgan fingerprint density at radius 3 is 2.87 bits per heavy atom. The summed E-state index contributed by atoms with van der Waals surface area (Å²) in [4.78, 5) is 14.8. The largest absolute Gasteiger partial charge is 0.288 e. The summed E-state index contributed by atoms with van der Waals surface area (Å²) < 4.78 is 1.06. The van der Waals surface area contributed by atoms with Gasteiger partial charge in [-0.1, -0.05) is 41.1 Å². The quantitative estimate of drug-likeness (QED) is 0.422. The Bertz CT molecular complexity index is 890. The number of hydrogen-bond acceptors (Lipinski definition) is 6. The topological polar surface area (TPSA) is 80.4 Å². The normalized spacial score (nSPS) is 11.7. The van der Waals surface area contributed by atoms with Crippen LogP contribution in [0.5, 0.6) is 0 Å². The van der Waals surface area contributed by atoms with Gasteiger partial charge in [-0.3, -0.25) is 15.5 Å². The molecule has 0 spiro atoms. The fourth-order valence-corrected chi connectivity index (χ4v) is 2.99. The lowest BCUT2D eigenvalue weighted by Gasteiger charge is -2.02. The third-order valence-corrected chi connectivity index (χ3v) is 4.43. The van der Waals surface area contributed by atoms with Crippen molar-refractivity contribution in [2.75, 3.05) is 5.43 Å². The van der Waals surface area contributed by atoms with Crippen molar-refractivity contribution in [2.24, 2.45) is 5.10 Å². The van der Waals surface area contributed by atoms with Crippen molar-refractivity contribution in [3.63, 3.8) is 0 Å². The number of rotatable bonds is 4. The molecule has 0 aliphatic heterocycles. The molecule has 0 fully saturated rings. The first-order valence-corrected chi connectivity index (χ1v) is 7.84. The van der Waals surface area contributed by atoms with E-state index in [1.807, 2.05) is 24.3 Å². The minimum atomic E-state index is -0.514. The van der Waals surface area contributed by atoms with E-state index < -0.39 is 4.92 Å².